The number of hydrogen-bond donors (Lipinski definition) is 3. The van der Waals surface area contributed by atoms with Crippen molar-refractivity contribution in [1.29, 1.82) is 0 Å². The van der Waals surface area contributed by atoms with Gasteiger partial charge in [-0.05, 0) is 56.7 Å². The highest BCUT2D eigenvalue weighted by Crippen LogP contribution is 2.39. The molecule has 3 N–H and O–H groups in total. The second-order valence-electron chi connectivity index (χ2n) is 9.34. The number of fused-ring (bicyclic) bond motifs is 1. The molecule has 184 valence electrons. The molecule has 9 heteroatoms. The summed E-state index contributed by atoms with van der Waals surface area (Å²) in [6.45, 7) is 3.37. The van der Waals surface area contributed by atoms with E-state index in [1.54, 1.807) is 13.3 Å². The third-order valence-corrected chi connectivity index (χ3v) is 6.85. The Kier molecular flexibility index (Phi) is 6.23. The predicted octanol–water partition coefficient (Wildman–Crippen LogP) is 4.21. The first kappa shape index (κ1) is 23.0. The number of benzene rings is 1. The molecule has 1 saturated carbocycles. The molecule has 0 bridgehead atoms. The van der Waals surface area contributed by atoms with E-state index in [1.807, 2.05) is 31.2 Å². The maximum atomic E-state index is 13.3. The van der Waals surface area contributed by atoms with Crippen molar-refractivity contribution in [2.75, 3.05) is 26.8 Å². The standard InChI is InChI=1S/C26H30N4O5/c1-15-22(25(31)29-17-8-11-30(12-9-17)26(32)33)24-23(28-15)20(7-10-27-24)19-6-5-18(34-2)13-21(19)35-14-16-3-4-16/h5-7,10,13,16-17,28H,3-4,8-9,11-12,14H2,1-2H3,(H,29,31)(H,32,33). The van der Waals surface area contributed by atoms with E-state index in [9.17, 15) is 9.59 Å². The van der Waals surface area contributed by atoms with Crippen molar-refractivity contribution < 1.29 is 24.2 Å². The van der Waals surface area contributed by atoms with Crippen LogP contribution in [0.25, 0.3) is 22.2 Å². The molecule has 0 atom stereocenters. The van der Waals surface area contributed by atoms with Crippen molar-refractivity contribution in [1.82, 2.24) is 20.2 Å². The maximum Gasteiger partial charge on any atom is 0.407 e. The lowest BCUT2D eigenvalue weighted by atomic mass is 10.0. The molecule has 9 nitrogen and oxygen atoms in total. The topological polar surface area (TPSA) is 117 Å². The normalized spacial score (nSPS) is 16.3. The largest absolute Gasteiger partial charge is 0.497 e. The van der Waals surface area contributed by atoms with E-state index >= 15 is 0 Å². The van der Waals surface area contributed by atoms with Crippen LogP contribution in [-0.4, -0.2) is 64.8 Å². The Hall–Kier alpha value is -3.75. The van der Waals surface area contributed by atoms with E-state index in [1.165, 1.54) is 17.7 Å². The van der Waals surface area contributed by atoms with Gasteiger partial charge in [0.1, 0.15) is 17.0 Å². The fraction of sp³-hybridized carbons (Fsp3) is 0.423. The summed E-state index contributed by atoms with van der Waals surface area (Å²) in [4.78, 5) is 33.7. The lowest BCUT2D eigenvalue weighted by Gasteiger charge is -2.30. The zero-order valence-corrected chi connectivity index (χ0v) is 20.0. The van der Waals surface area contributed by atoms with Gasteiger partial charge >= 0.3 is 6.09 Å². The summed E-state index contributed by atoms with van der Waals surface area (Å²) < 4.78 is 11.6. The van der Waals surface area contributed by atoms with Crippen molar-refractivity contribution in [2.24, 2.45) is 5.92 Å². The highest BCUT2D eigenvalue weighted by atomic mass is 16.5. The number of nitrogens with one attached hydrogen (secondary N) is 2. The van der Waals surface area contributed by atoms with E-state index in [-0.39, 0.29) is 11.9 Å². The minimum atomic E-state index is -0.919. The van der Waals surface area contributed by atoms with E-state index in [0.717, 1.165) is 33.8 Å². The molecule has 1 aromatic carbocycles. The van der Waals surface area contributed by atoms with Crippen LogP contribution in [0.5, 0.6) is 11.5 Å². The highest BCUT2D eigenvalue weighted by molar-refractivity contribution is 6.09. The van der Waals surface area contributed by atoms with Gasteiger partial charge in [-0.2, -0.15) is 0 Å². The molecule has 35 heavy (non-hydrogen) atoms. The number of pyridine rings is 1. The molecule has 3 aromatic rings. The molecule has 5 rings (SSSR count). The van der Waals surface area contributed by atoms with E-state index in [2.05, 4.69) is 15.3 Å². The third kappa shape index (κ3) is 4.76. The van der Waals surface area contributed by atoms with Gasteiger partial charge in [-0.3, -0.25) is 9.78 Å². The molecule has 1 aliphatic heterocycles. The summed E-state index contributed by atoms with van der Waals surface area (Å²) in [5.41, 5.74) is 4.43. The first-order valence-corrected chi connectivity index (χ1v) is 12.0. The first-order chi connectivity index (χ1) is 16.9. The van der Waals surface area contributed by atoms with Crippen molar-refractivity contribution in [3.63, 3.8) is 0 Å². The van der Waals surface area contributed by atoms with E-state index in [0.29, 0.717) is 49.5 Å². The van der Waals surface area contributed by atoms with Crippen LogP contribution in [0.2, 0.25) is 0 Å². The number of aromatic amines is 1. The second kappa shape index (κ2) is 9.48. The number of amides is 2. The van der Waals surface area contributed by atoms with Gasteiger partial charge in [0.25, 0.3) is 5.91 Å². The van der Waals surface area contributed by atoms with Crippen LogP contribution in [-0.2, 0) is 0 Å². The summed E-state index contributed by atoms with van der Waals surface area (Å²) in [7, 11) is 1.63. The third-order valence-electron chi connectivity index (χ3n) is 6.85. The highest BCUT2D eigenvalue weighted by Gasteiger charge is 2.27. The number of piperidine rings is 1. The molecular weight excluding hydrogens is 448 g/mol. The number of ether oxygens (including phenoxy) is 2. The molecule has 2 fully saturated rings. The average molecular weight is 479 g/mol. The predicted molar refractivity (Wildman–Crippen MR) is 131 cm³/mol. The van der Waals surface area contributed by atoms with E-state index < -0.39 is 6.09 Å². The van der Waals surface area contributed by atoms with E-state index in [4.69, 9.17) is 14.6 Å². The monoisotopic (exact) mass is 478 g/mol. The van der Waals surface area contributed by atoms with Gasteiger partial charge in [0.2, 0.25) is 0 Å². The van der Waals surface area contributed by atoms with Crippen LogP contribution in [0.15, 0.2) is 30.5 Å². The minimum Gasteiger partial charge on any atom is -0.497 e. The lowest BCUT2D eigenvalue weighted by molar-refractivity contribution is 0.0908. The lowest BCUT2D eigenvalue weighted by Crippen LogP contribution is -2.46. The zero-order chi connectivity index (χ0) is 24.5. The van der Waals surface area contributed by atoms with Gasteiger partial charge in [0.05, 0.1) is 24.8 Å². The summed E-state index contributed by atoms with van der Waals surface area (Å²) in [5.74, 6) is 1.87. The number of nitrogens with zero attached hydrogens (tertiary/aromatic N) is 2. The molecule has 2 amide bonds. The Balaban J connectivity index is 1.44. The number of methoxy groups -OCH3 is 1. The zero-order valence-electron chi connectivity index (χ0n) is 20.0. The number of rotatable bonds is 7. The molecule has 2 aromatic heterocycles. The van der Waals surface area contributed by atoms with Gasteiger partial charge in [-0.1, -0.05) is 0 Å². The smallest absolute Gasteiger partial charge is 0.407 e. The number of carboxylic acid groups (broad SMARTS) is 1. The summed E-state index contributed by atoms with van der Waals surface area (Å²) in [5, 5.41) is 12.2. The van der Waals surface area contributed by atoms with Gasteiger partial charge < -0.3 is 29.8 Å². The number of carbonyl (C=O) groups excluding carboxylic acids is 1. The van der Waals surface area contributed by atoms with Crippen molar-refractivity contribution in [3.05, 3.63) is 41.7 Å². The number of likely N-dealkylation sites (tertiary alicyclic amines) is 1. The number of aromatic nitrogens is 2. The first-order valence-electron chi connectivity index (χ1n) is 12.0. The van der Waals surface area contributed by atoms with Crippen LogP contribution in [0, 0.1) is 12.8 Å². The Labute approximate surface area is 203 Å². The van der Waals surface area contributed by atoms with Gasteiger partial charge in [-0.25, -0.2) is 4.79 Å². The van der Waals surface area contributed by atoms with Crippen molar-refractivity contribution in [3.8, 4) is 22.6 Å². The van der Waals surface area contributed by atoms with Crippen molar-refractivity contribution >= 4 is 23.0 Å². The number of carbonyl (C=O) groups is 2. The quantitative estimate of drug-likeness (QED) is 0.468. The van der Waals surface area contributed by atoms with Crippen LogP contribution in [0.4, 0.5) is 4.79 Å². The van der Waals surface area contributed by atoms with Crippen LogP contribution in [0.1, 0.15) is 41.7 Å². The fourth-order valence-corrected chi connectivity index (χ4v) is 4.64. The van der Waals surface area contributed by atoms with Crippen LogP contribution >= 0.6 is 0 Å². The molecule has 0 unspecified atom stereocenters. The average Bonchev–Trinajstić information content (AvgIpc) is 3.62. The number of aryl methyl sites for hydroxylation is 1. The maximum absolute atomic E-state index is 13.3. The molecule has 3 heterocycles. The fourth-order valence-electron chi connectivity index (χ4n) is 4.64. The van der Waals surface area contributed by atoms with Crippen LogP contribution in [0.3, 0.4) is 0 Å². The van der Waals surface area contributed by atoms with Gasteiger partial charge in [0, 0.05) is 48.2 Å². The molecular formula is C26H30N4O5. The minimum absolute atomic E-state index is 0.0744. The molecule has 2 aliphatic rings. The Morgan fingerprint density at radius 3 is 2.63 bits per heavy atom. The molecule has 1 saturated heterocycles. The Bertz CT molecular complexity index is 1260. The van der Waals surface area contributed by atoms with Gasteiger partial charge in [-0.15, -0.1) is 0 Å². The van der Waals surface area contributed by atoms with Crippen LogP contribution < -0.4 is 14.8 Å². The molecule has 0 radical (unpaired) electrons. The summed E-state index contributed by atoms with van der Waals surface area (Å²) >= 11 is 0. The number of hydrogen-bond acceptors (Lipinski definition) is 5. The van der Waals surface area contributed by atoms with Gasteiger partial charge in [0.15, 0.2) is 0 Å². The number of H-pyrrole nitrogens is 1. The SMILES string of the molecule is COc1ccc(-c2ccnc3c(C(=O)NC4CCN(C(=O)O)CC4)c(C)[nH]c23)c(OCC2CC2)c1. The summed E-state index contributed by atoms with van der Waals surface area (Å²) in [6.07, 6.45) is 4.36. The van der Waals surface area contributed by atoms with Crippen molar-refractivity contribution in [2.45, 2.75) is 38.6 Å². The molecule has 0 spiro atoms. The Morgan fingerprint density at radius 1 is 1.17 bits per heavy atom. The second-order valence-corrected chi connectivity index (χ2v) is 9.34. The summed E-state index contributed by atoms with van der Waals surface area (Å²) in [6, 6.07) is 7.62. The molecule has 1 aliphatic carbocycles. The Morgan fingerprint density at radius 2 is 1.94 bits per heavy atom.